The monoisotopic (exact) mass is 325 g/mol. The van der Waals surface area contributed by atoms with E-state index in [2.05, 4.69) is 20.7 Å². The molecule has 0 aliphatic heterocycles. The molecule has 1 aromatic carbocycles. The van der Waals surface area contributed by atoms with Gasteiger partial charge in [-0.05, 0) is 30.3 Å². The molecule has 3 rings (SSSR count). The van der Waals surface area contributed by atoms with Crippen molar-refractivity contribution in [1.29, 1.82) is 0 Å². The summed E-state index contributed by atoms with van der Waals surface area (Å²) in [6, 6.07) is 10.9. The minimum absolute atomic E-state index is 0.238. The Labute approximate surface area is 139 Å². The van der Waals surface area contributed by atoms with Crippen LogP contribution in [0.4, 0.5) is 10.5 Å². The van der Waals surface area contributed by atoms with Crippen molar-refractivity contribution in [2.45, 2.75) is 6.42 Å². The fraction of sp³-hybridized carbons (Fsp3) is 0.235. The number of methoxy groups -OCH3 is 1. The van der Waals surface area contributed by atoms with Crippen molar-refractivity contribution in [2.24, 2.45) is 7.05 Å². The van der Waals surface area contributed by atoms with Crippen LogP contribution in [0.5, 0.6) is 5.88 Å². The third-order valence-electron chi connectivity index (χ3n) is 3.72. The normalized spacial score (nSPS) is 10.6. The van der Waals surface area contributed by atoms with Crippen molar-refractivity contribution < 1.29 is 9.53 Å². The zero-order chi connectivity index (χ0) is 16.9. The molecule has 2 heterocycles. The first-order chi connectivity index (χ1) is 11.7. The van der Waals surface area contributed by atoms with Gasteiger partial charge in [0, 0.05) is 49.0 Å². The molecule has 0 aliphatic carbocycles. The number of amides is 2. The van der Waals surface area contributed by atoms with E-state index in [0.29, 0.717) is 18.1 Å². The van der Waals surface area contributed by atoms with Crippen molar-refractivity contribution in [3.8, 4) is 5.88 Å². The molecule has 0 fully saturated rings. The Balaban J connectivity index is 1.57. The van der Waals surface area contributed by atoms with E-state index in [1.807, 2.05) is 37.4 Å². The first kappa shape index (κ1) is 15.8. The van der Waals surface area contributed by atoms with E-state index in [0.717, 1.165) is 23.0 Å². The number of fused-ring (bicyclic) bond motifs is 1. The quantitative estimate of drug-likeness (QED) is 0.754. The predicted molar refractivity (Wildman–Crippen MR) is 92.2 cm³/mol. The zero-order valence-electron chi connectivity index (χ0n) is 13.6. The van der Waals surface area contributed by atoms with Crippen LogP contribution in [0.2, 0.25) is 0 Å². The number of aryl methyl sites for hydroxylation is 1. The number of urea groups is 1. The van der Waals surface area contributed by atoms with E-state index in [4.69, 9.17) is 4.74 Å². The second-order valence-electron chi connectivity index (χ2n) is 5.34. The van der Waals surface area contributed by atoms with Gasteiger partial charge in [0.05, 0.1) is 12.6 Å². The second-order valence-corrected chi connectivity index (χ2v) is 5.34. The number of rotatable bonds is 5. The minimum Gasteiger partial charge on any atom is -0.481 e. The minimum atomic E-state index is -0.238. The molecule has 7 nitrogen and oxygen atoms in total. The van der Waals surface area contributed by atoms with E-state index in [1.165, 1.54) is 0 Å². The summed E-state index contributed by atoms with van der Waals surface area (Å²) in [7, 11) is 3.47. The molecule has 2 N–H and O–H groups in total. The van der Waals surface area contributed by atoms with Crippen molar-refractivity contribution in [3.63, 3.8) is 0 Å². The second kappa shape index (κ2) is 6.99. The number of ether oxygens (including phenoxy) is 1. The highest BCUT2D eigenvalue weighted by atomic mass is 16.5. The average Bonchev–Trinajstić information content (AvgIpc) is 2.99. The number of hydrogen-bond acceptors (Lipinski definition) is 4. The summed E-state index contributed by atoms with van der Waals surface area (Å²) in [6.45, 7) is 0.539. The van der Waals surface area contributed by atoms with Crippen molar-refractivity contribution in [2.75, 3.05) is 19.0 Å². The standard InChI is InChI=1S/C17H19N5O2/c1-22-14(8-10-19-22)7-9-18-17(23)20-13-4-5-15-12(11-13)3-6-16(21-15)24-2/h3-6,8,10-11H,7,9H2,1-2H3,(H2,18,20,23). The number of hydrogen-bond donors (Lipinski definition) is 2. The van der Waals surface area contributed by atoms with Crippen molar-refractivity contribution in [1.82, 2.24) is 20.1 Å². The molecule has 7 heteroatoms. The van der Waals surface area contributed by atoms with Crippen LogP contribution < -0.4 is 15.4 Å². The number of anilines is 1. The van der Waals surface area contributed by atoms with Gasteiger partial charge < -0.3 is 15.4 Å². The first-order valence-corrected chi connectivity index (χ1v) is 7.62. The van der Waals surface area contributed by atoms with Gasteiger partial charge in [-0.25, -0.2) is 9.78 Å². The Bertz CT molecular complexity index is 859. The Morgan fingerprint density at radius 2 is 2.12 bits per heavy atom. The van der Waals surface area contributed by atoms with E-state index in [1.54, 1.807) is 24.1 Å². The number of nitrogens with zero attached hydrogens (tertiary/aromatic N) is 3. The lowest BCUT2D eigenvalue weighted by Crippen LogP contribution is -2.30. The molecule has 24 heavy (non-hydrogen) atoms. The Hall–Kier alpha value is -3.09. The molecule has 124 valence electrons. The molecule has 0 atom stereocenters. The Morgan fingerprint density at radius 1 is 1.25 bits per heavy atom. The Kier molecular flexibility index (Phi) is 4.60. The van der Waals surface area contributed by atoms with Crippen LogP contribution >= 0.6 is 0 Å². The number of benzene rings is 1. The van der Waals surface area contributed by atoms with Crippen molar-refractivity contribution in [3.05, 3.63) is 48.3 Å². The summed E-state index contributed by atoms with van der Waals surface area (Å²) >= 11 is 0. The first-order valence-electron chi connectivity index (χ1n) is 7.62. The molecule has 0 unspecified atom stereocenters. The van der Waals surface area contributed by atoms with E-state index in [9.17, 15) is 4.79 Å². The lowest BCUT2D eigenvalue weighted by molar-refractivity contribution is 0.252. The maximum Gasteiger partial charge on any atom is 0.319 e. The average molecular weight is 325 g/mol. The molecule has 2 amide bonds. The fourth-order valence-corrected chi connectivity index (χ4v) is 2.42. The van der Waals surface area contributed by atoms with Crippen LogP contribution in [-0.4, -0.2) is 34.5 Å². The number of pyridine rings is 1. The molecule has 2 aromatic heterocycles. The third-order valence-corrected chi connectivity index (χ3v) is 3.72. The molecule has 0 saturated carbocycles. The molecular weight excluding hydrogens is 306 g/mol. The van der Waals surface area contributed by atoms with Gasteiger partial charge in [0.2, 0.25) is 5.88 Å². The Morgan fingerprint density at radius 3 is 2.88 bits per heavy atom. The topological polar surface area (TPSA) is 81.1 Å². The van der Waals surface area contributed by atoms with Gasteiger partial charge in [0.15, 0.2) is 0 Å². The van der Waals surface area contributed by atoms with Crippen LogP contribution in [-0.2, 0) is 13.5 Å². The van der Waals surface area contributed by atoms with Gasteiger partial charge in [-0.2, -0.15) is 5.10 Å². The molecule has 0 bridgehead atoms. The number of carbonyl (C=O) groups is 1. The van der Waals surface area contributed by atoms with Crippen LogP contribution in [0.25, 0.3) is 10.9 Å². The lowest BCUT2D eigenvalue weighted by atomic mass is 10.2. The molecule has 0 saturated heterocycles. The molecule has 0 aliphatic rings. The predicted octanol–water partition coefficient (Wildman–Crippen LogP) is 2.34. The van der Waals surface area contributed by atoms with Gasteiger partial charge in [0.25, 0.3) is 0 Å². The summed E-state index contributed by atoms with van der Waals surface area (Å²) in [5.74, 6) is 0.566. The summed E-state index contributed by atoms with van der Waals surface area (Å²) in [4.78, 5) is 16.3. The number of aromatic nitrogens is 3. The van der Waals surface area contributed by atoms with Crippen LogP contribution in [0.1, 0.15) is 5.69 Å². The molecule has 3 aromatic rings. The van der Waals surface area contributed by atoms with Crippen LogP contribution in [0, 0.1) is 0 Å². The van der Waals surface area contributed by atoms with E-state index >= 15 is 0 Å². The van der Waals surface area contributed by atoms with Gasteiger partial charge in [-0.3, -0.25) is 4.68 Å². The lowest BCUT2D eigenvalue weighted by Gasteiger charge is -2.09. The summed E-state index contributed by atoms with van der Waals surface area (Å²) in [5, 5.41) is 10.7. The number of nitrogens with one attached hydrogen (secondary N) is 2. The summed E-state index contributed by atoms with van der Waals surface area (Å²) < 4.78 is 6.90. The SMILES string of the molecule is COc1ccc2cc(NC(=O)NCCc3ccnn3C)ccc2n1. The van der Waals surface area contributed by atoms with Gasteiger partial charge in [-0.1, -0.05) is 0 Å². The van der Waals surface area contributed by atoms with Gasteiger partial charge in [0.1, 0.15) is 0 Å². The smallest absolute Gasteiger partial charge is 0.319 e. The molecule has 0 radical (unpaired) electrons. The largest absolute Gasteiger partial charge is 0.481 e. The maximum absolute atomic E-state index is 12.0. The number of carbonyl (C=O) groups excluding carboxylic acids is 1. The van der Waals surface area contributed by atoms with E-state index < -0.39 is 0 Å². The zero-order valence-corrected chi connectivity index (χ0v) is 13.6. The highest BCUT2D eigenvalue weighted by Crippen LogP contribution is 2.20. The molecular formula is C17H19N5O2. The summed E-state index contributed by atoms with van der Waals surface area (Å²) in [5.41, 5.74) is 2.60. The fourth-order valence-electron chi connectivity index (χ4n) is 2.42. The van der Waals surface area contributed by atoms with Crippen molar-refractivity contribution >= 4 is 22.6 Å². The maximum atomic E-state index is 12.0. The van der Waals surface area contributed by atoms with Gasteiger partial charge in [-0.15, -0.1) is 0 Å². The van der Waals surface area contributed by atoms with Crippen LogP contribution in [0.15, 0.2) is 42.6 Å². The summed E-state index contributed by atoms with van der Waals surface area (Å²) in [6.07, 6.45) is 2.47. The van der Waals surface area contributed by atoms with Gasteiger partial charge >= 0.3 is 6.03 Å². The highest BCUT2D eigenvalue weighted by Gasteiger charge is 2.05. The van der Waals surface area contributed by atoms with E-state index in [-0.39, 0.29) is 6.03 Å². The van der Waals surface area contributed by atoms with Crippen LogP contribution in [0.3, 0.4) is 0 Å². The highest BCUT2D eigenvalue weighted by molar-refractivity contribution is 5.92. The molecule has 0 spiro atoms. The third kappa shape index (κ3) is 3.62.